The molecule has 3 N–H and O–H groups in total. The van der Waals surface area contributed by atoms with Gasteiger partial charge in [-0.3, -0.25) is 4.79 Å². The van der Waals surface area contributed by atoms with Crippen molar-refractivity contribution in [1.29, 1.82) is 0 Å². The quantitative estimate of drug-likeness (QED) is 0.862. The van der Waals surface area contributed by atoms with Gasteiger partial charge in [0.25, 0.3) is 0 Å². The van der Waals surface area contributed by atoms with Gasteiger partial charge in [0.2, 0.25) is 5.91 Å². The summed E-state index contributed by atoms with van der Waals surface area (Å²) in [5.41, 5.74) is 6.65. The van der Waals surface area contributed by atoms with Gasteiger partial charge in [0.05, 0.1) is 21.3 Å². The molecule has 108 valence electrons. The second-order valence-electron chi connectivity index (χ2n) is 4.66. The number of nitrogens with zero attached hydrogens (tertiary/aromatic N) is 1. The van der Waals surface area contributed by atoms with Crippen LogP contribution < -0.4 is 11.1 Å². The minimum atomic E-state index is -0.408. The van der Waals surface area contributed by atoms with Crippen molar-refractivity contribution in [2.45, 2.75) is 32.2 Å². The maximum atomic E-state index is 11.7. The van der Waals surface area contributed by atoms with Gasteiger partial charge in [0.15, 0.2) is 0 Å². The van der Waals surface area contributed by atoms with Crippen LogP contribution in [0.3, 0.4) is 0 Å². The van der Waals surface area contributed by atoms with Crippen molar-refractivity contribution in [3.8, 4) is 0 Å². The van der Waals surface area contributed by atoms with E-state index in [4.69, 9.17) is 17.3 Å². The predicted molar refractivity (Wildman–Crippen MR) is 84.2 cm³/mol. The van der Waals surface area contributed by atoms with Gasteiger partial charge in [-0.25, -0.2) is 4.98 Å². The number of carbonyl (C=O) groups is 1. The molecule has 0 bridgehead atoms. The molecule has 0 saturated heterocycles. The standard InChI is InChI=1S/C14H18ClN3OS/c1-2-3-10(16)14(19)17-7-6-13-18-11-8-9(15)4-5-12(11)20-13/h4-5,8,10H,2-3,6-7,16H2,1H3,(H,17,19). The first-order valence-corrected chi connectivity index (χ1v) is 7.88. The molecule has 0 spiro atoms. The zero-order chi connectivity index (χ0) is 14.5. The lowest BCUT2D eigenvalue weighted by molar-refractivity contribution is -0.122. The highest BCUT2D eigenvalue weighted by molar-refractivity contribution is 7.18. The van der Waals surface area contributed by atoms with E-state index < -0.39 is 6.04 Å². The molecule has 0 fully saturated rings. The Morgan fingerprint density at radius 1 is 1.55 bits per heavy atom. The van der Waals surface area contributed by atoms with Crippen molar-refractivity contribution >= 4 is 39.1 Å². The summed E-state index contributed by atoms with van der Waals surface area (Å²) in [6, 6.07) is 5.27. The van der Waals surface area contributed by atoms with E-state index in [0.29, 0.717) is 24.4 Å². The van der Waals surface area contributed by atoms with Crippen LogP contribution in [0, 0.1) is 0 Å². The van der Waals surface area contributed by atoms with Gasteiger partial charge in [-0.15, -0.1) is 11.3 Å². The van der Waals surface area contributed by atoms with Crippen LogP contribution in [0.15, 0.2) is 18.2 Å². The second kappa shape index (κ2) is 7.02. The first-order valence-electron chi connectivity index (χ1n) is 6.68. The Balaban J connectivity index is 1.88. The highest BCUT2D eigenvalue weighted by Crippen LogP contribution is 2.24. The van der Waals surface area contributed by atoms with Gasteiger partial charge in [-0.05, 0) is 24.6 Å². The number of amides is 1. The van der Waals surface area contributed by atoms with Crippen molar-refractivity contribution in [3.05, 3.63) is 28.2 Å². The van der Waals surface area contributed by atoms with Crippen molar-refractivity contribution in [1.82, 2.24) is 10.3 Å². The fourth-order valence-electron chi connectivity index (χ4n) is 1.92. The zero-order valence-electron chi connectivity index (χ0n) is 11.4. The molecule has 1 heterocycles. The summed E-state index contributed by atoms with van der Waals surface area (Å²) >= 11 is 7.56. The maximum Gasteiger partial charge on any atom is 0.236 e. The first-order chi connectivity index (χ1) is 9.60. The molecule has 0 aliphatic rings. The van der Waals surface area contributed by atoms with E-state index in [1.165, 1.54) is 0 Å². The molecule has 2 aromatic rings. The molecular weight excluding hydrogens is 294 g/mol. The minimum Gasteiger partial charge on any atom is -0.354 e. The van der Waals surface area contributed by atoms with Crippen molar-refractivity contribution in [3.63, 3.8) is 0 Å². The number of aromatic nitrogens is 1. The Labute approximate surface area is 127 Å². The molecule has 0 radical (unpaired) electrons. The van der Waals surface area contributed by atoms with Gasteiger partial charge in [0, 0.05) is 18.0 Å². The normalized spacial score (nSPS) is 12.6. The van der Waals surface area contributed by atoms with E-state index in [1.807, 2.05) is 25.1 Å². The molecule has 1 aromatic carbocycles. The largest absolute Gasteiger partial charge is 0.354 e. The average molecular weight is 312 g/mol. The lowest BCUT2D eigenvalue weighted by Gasteiger charge is -2.10. The number of nitrogens with one attached hydrogen (secondary N) is 1. The molecule has 0 aliphatic carbocycles. The molecule has 6 heteroatoms. The second-order valence-corrected chi connectivity index (χ2v) is 6.21. The third kappa shape index (κ3) is 3.91. The molecule has 1 amide bonds. The Bertz CT molecular complexity index is 599. The maximum absolute atomic E-state index is 11.7. The molecule has 1 aromatic heterocycles. The number of thiazole rings is 1. The number of rotatable bonds is 6. The molecule has 20 heavy (non-hydrogen) atoms. The topological polar surface area (TPSA) is 68.0 Å². The fraction of sp³-hybridized carbons (Fsp3) is 0.429. The number of fused-ring (bicyclic) bond motifs is 1. The molecule has 2 rings (SSSR count). The van der Waals surface area contributed by atoms with Gasteiger partial charge < -0.3 is 11.1 Å². The molecule has 0 aliphatic heterocycles. The summed E-state index contributed by atoms with van der Waals surface area (Å²) in [4.78, 5) is 16.2. The van der Waals surface area contributed by atoms with Crippen LogP contribution in [-0.2, 0) is 11.2 Å². The molecule has 1 unspecified atom stereocenters. The number of nitrogens with two attached hydrogens (primary N) is 1. The van der Waals surface area contributed by atoms with Crippen LogP contribution in [0.2, 0.25) is 5.02 Å². The van der Waals surface area contributed by atoms with Gasteiger partial charge in [0.1, 0.15) is 0 Å². The van der Waals surface area contributed by atoms with E-state index in [-0.39, 0.29) is 5.91 Å². The molecule has 1 atom stereocenters. The van der Waals surface area contributed by atoms with Gasteiger partial charge in [-0.2, -0.15) is 0 Å². The molecule has 0 saturated carbocycles. The van der Waals surface area contributed by atoms with Crippen LogP contribution in [0.5, 0.6) is 0 Å². The molecule has 4 nitrogen and oxygen atoms in total. The highest BCUT2D eigenvalue weighted by Gasteiger charge is 2.11. The van der Waals surface area contributed by atoms with Crippen LogP contribution in [0.4, 0.5) is 0 Å². The number of benzene rings is 1. The SMILES string of the molecule is CCCC(N)C(=O)NCCc1nc2cc(Cl)ccc2s1. The van der Waals surface area contributed by atoms with E-state index in [9.17, 15) is 4.79 Å². The van der Waals surface area contributed by atoms with Crippen molar-refractivity contribution < 1.29 is 4.79 Å². The predicted octanol–water partition coefficient (Wildman–Crippen LogP) is 2.74. The Morgan fingerprint density at radius 2 is 2.35 bits per heavy atom. The summed E-state index contributed by atoms with van der Waals surface area (Å²) in [5.74, 6) is -0.0870. The minimum absolute atomic E-state index is 0.0870. The average Bonchev–Trinajstić information content (AvgIpc) is 2.80. The van der Waals surface area contributed by atoms with E-state index >= 15 is 0 Å². The lowest BCUT2D eigenvalue weighted by atomic mass is 10.2. The Hall–Kier alpha value is -1.17. The third-order valence-corrected chi connectivity index (χ3v) is 4.30. The Kier molecular flexibility index (Phi) is 5.34. The summed E-state index contributed by atoms with van der Waals surface area (Å²) < 4.78 is 1.11. The zero-order valence-corrected chi connectivity index (χ0v) is 12.9. The van der Waals surface area contributed by atoms with Crippen molar-refractivity contribution in [2.75, 3.05) is 6.54 Å². The van der Waals surface area contributed by atoms with Crippen LogP contribution in [0.1, 0.15) is 24.8 Å². The van der Waals surface area contributed by atoms with Gasteiger partial charge in [-0.1, -0.05) is 24.9 Å². The number of hydrogen-bond donors (Lipinski definition) is 2. The molecular formula is C14H18ClN3OS. The number of carbonyl (C=O) groups excluding carboxylic acids is 1. The highest BCUT2D eigenvalue weighted by atomic mass is 35.5. The van der Waals surface area contributed by atoms with E-state index in [0.717, 1.165) is 21.6 Å². The Morgan fingerprint density at radius 3 is 3.10 bits per heavy atom. The fourth-order valence-corrected chi connectivity index (χ4v) is 3.03. The first kappa shape index (κ1) is 15.2. The third-order valence-electron chi connectivity index (χ3n) is 2.97. The summed E-state index contributed by atoms with van der Waals surface area (Å²) in [6.45, 7) is 2.57. The summed E-state index contributed by atoms with van der Waals surface area (Å²) in [7, 11) is 0. The van der Waals surface area contributed by atoms with Gasteiger partial charge >= 0.3 is 0 Å². The lowest BCUT2D eigenvalue weighted by Crippen LogP contribution is -2.41. The van der Waals surface area contributed by atoms with Crippen LogP contribution >= 0.6 is 22.9 Å². The summed E-state index contributed by atoms with van der Waals surface area (Å²) in [6.07, 6.45) is 2.33. The summed E-state index contributed by atoms with van der Waals surface area (Å²) in [5, 5.41) is 4.53. The number of hydrogen-bond acceptors (Lipinski definition) is 4. The monoisotopic (exact) mass is 311 g/mol. The van der Waals surface area contributed by atoms with E-state index in [1.54, 1.807) is 11.3 Å². The number of halogens is 1. The van der Waals surface area contributed by atoms with E-state index in [2.05, 4.69) is 10.3 Å². The smallest absolute Gasteiger partial charge is 0.236 e. The van der Waals surface area contributed by atoms with Crippen LogP contribution in [0.25, 0.3) is 10.2 Å². The van der Waals surface area contributed by atoms with Crippen LogP contribution in [-0.4, -0.2) is 23.5 Å². The van der Waals surface area contributed by atoms with Crippen molar-refractivity contribution in [2.24, 2.45) is 5.73 Å².